The average Bonchev–Trinajstić information content (AvgIpc) is 2.66. The van der Waals surface area contributed by atoms with Crippen LogP contribution in [0.4, 0.5) is 5.69 Å². The smallest absolute Gasteiger partial charge is 0.310 e. The highest BCUT2D eigenvalue weighted by Crippen LogP contribution is 2.27. The molecular weight excluding hydrogens is 398 g/mol. The van der Waals surface area contributed by atoms with E-state index < -0.39 is 27.9 Å². The van der Waals surface area contributed by atoms with E-state index in [1.165, 1.54) is 45.4 Å². The summed E-state index contributed by atoms with van der Waals surface area (Å²) in [4.78, 5) is 24.7. The van der Waals surface area contributed by atoms with E-state index in [1.54, 1.807) is 18.2 Å². The molecule has 9 heteroatoms. The summed E-state index contributed by atoms with van der Waals surface area (Å²) < 4.78 is 40.4. The summed E-state index contributed by atoms with van der Waals surface area (Å²) in [5.74, 6) is 0.0803. The Morgan fingerprint density at radius 3 is 2.17 bits per heavy atom. The second-order valence-corrected chi connectivity index (χ2v) is 8.06. The third-order valence-electron chi connectivity index (χ3n) is 3.95. The normalized spacial score (nSPS) is 12.0. The van der Waals surface area contributed by atoms with Gasteiger partial charge in [0.25, 0.3) is 0 Å². The monoisotopic (exact) mass is 421 g/mol. The number of ketones is 1. The topological polar surface area (TPSA) is 108 Å². The summed E-state index contributed by atoms with van der Waals surface area (Å²) >= 11 is 0. The molecule has 0 aliphatic heterocycles. The van der Waals surface area contributed by atoms with Gasteiger partial charge in [-0.3, -0.25) is 14.3 Å². The highest BCUT2D eigenvalue weighted by Gasteiger charge is 2.20. The molecule has 2 rings (SSSR count). The van der Waals surface area contributed by atoms with E-state index in [0.717, 1.165) is 6.26 Å². The van der Waals surface area contributed by atoms with E-state index in [-0.39, 0.29) is 6.42 Å². The molecule has 2 aromatic carbocycles. The number of sulfonamides is 1. The molecule has 29 heavy (non-hydrogen) atoms. The Bertz CT molecular complexity index is 984. The number of rotatable bonds is 9. The van der Waals surface area contributed by atoms with Crippen LogP contribution in [0.1, 0.15) is 22.8 Å². The van der Waals surface area contributed by atoms with Crippen molar-refractivity contribution in [3.05, 3.63) is 53.6 Å². The molecule has 2 aromatic rings. The minimum atomic E-state index is -3.40. The lowest BCUT2D eigenvalue weighted by atomic mass is 10.1. The number of ether oxygens (including phenoxy) is 3. The van der Waals surface area contributed by atoms with Crippen LogP contribution < -0.4 is 14.2 Å². The molecule has 1 N–H and O–H groups in total. The van der Waals surface area contributed by atoms with Gasteiger partial charge in [-0.15, -0.1) is 0 Å². The lowest BCUT2D eigenvalue weighted by Gasteiger charge is -2.14. The number of Topliss-reactive ketones (excluding diaryl/α,β-unsaturated/α-hetero) is 1. The molecule has 0 saturated carbocycles. The van der Waals surface area contributed by atoms with Gasteiger partial charge in [-0.1, -0.05) is 6.07 Å². The van der Waals surface area contributed by atoms with Crippen molar-refractivity contribution in [1.82, 2.24) is 0 Å². The zero-order chi connectivity index (χ0) is 21.6. The summed E-state index contributed by atoms with van der Waals surface area (Å²) in [6.45, 7) is 1.48. The van der Waals surface area contributed by atoms with Gasteiger partial charge < -0.3 is 14.2 Å². The average molecular weight is 421 g/mol. The van der Waals surface area contributed by atoms with E-state index in [1.807, 2.05) is 0 Å². The van der Waals surface area contributed by atoms with E-state index in [4.69, 9.17) is 14.2 Å². The molecule has 1 atom stereocenters. The Labute approximate surface area is 169 Å². The summed E-state index contributed by atoms with van der Waals surface area (Å²) in [7, 11) is -0.389. The summed E-state index contributed by atoms with van der Waals surface area (Å²) in [5, 5.41) is 0. The Balaban J connectivity index is 1.99. The Hall–Kier alpha value is -3.07. The zero-order valence-corrected chi connectivity index (χ0v) is 17.4. The molecule has 0 unspecified atom stereocenters. The third-order valence-corrected chi connectivity index (χ3v) is 4.55. The second-order valence-electron chi connectivity index (χ2n) is 6.31. The first-order valence-corrected chi connectivity index (χ1v) is 10.5. The first kappa shape index (κ1) is 22.2. The highest BCUT2D eigenvalue weighted by molar-refractivity contribution is 7.92. The molecule has 0 saturated heterocycles. The number of nitrogens with one attached hydrogen (secondary N) is 1. The van der Waals surface area contributed by atoms with E-state index in [2.05, 4.69) is 4.72 Å². The number of anilines is 1. The maximum Gasteiger partial charge on any atom is 0.310 e. The van der Waals surface area contributed by atoms with Gasteiger partial charge in [0.15, 0.2) is 17.6 Å². The van der Waals surface area contributed by atoms with Gasteiger partial charge in [0.2, 0.25) is 15.8 Å². The number of carbonyl (C=O) groups is 2. The predicted octanol–water partition coefficient (Wildman–Crippen LogP) is 2.43. The van der Waals surface area contributed by atoms with Crippen molar-refractivity contribution >= 4 is 27.5 Å². The second kappa shape index (κ2) is 9.42. The zero-order valence-electron chi connectivity index (χ0n) is 16.6. The SMILES string of the molecule is COc1ccc(CC(=O)O[C@@H](C)C(=O)c2ccc(NS(C)(=O)=O)cc2)cc1OC. The number of hydrogen-bond acceptors (Lipinski definition) is 7. The number of hydrogen-bond donors (Lipinski definition) is 1. The van der Waals surface area contributed by atoms with E-state index in [0.29, 0.717) is 28.3 Å². The number of esters is 1. The lowest BCUT2D eigenvalue weighted by Crippen LogP contribution is -2.25. The maximum atomic E-state index is 12.5. The molecule has 0 amide bonds. The fourth-order valence-electron chi connectivity index (χ4n) is 2.60. The van der Waals surface area contributed by atoms with Gasteiger partial charge in [-0.05, 0) is 48.9 Å². The Morgan fingerprint density at radius 1 is 1.00 bits per heavy atom. The van der Waals surface area contributed by atoms with Crippen molar-refractivity contribution in [2.45, 2.75) is 19.4 Å². The first-order chi connectivity index (χ1) is 13.6. The van der Waals surface area contributed by atoms with Crippen LogP contribution >= 0.6 is 0 Å². The standard InChI is InChI=1S/C20H23NO7S/c1-13(20(23)15-6-8-16(9-7-15)21-29(4,24)25)28-19(22)12-14-5-10-17(26-2)18(11-14)27-3/h5-11,13,21H,12H2,1-4H3/t13-/m0/s1. The van der Waals surface area contributed by atoms with Crippen molar-refractivity contribution in [3.63, 3.8) is 0 Å². The minimum Gasteiger partial charge on any atom is -0.493 e. The molecule has 156 valence electrons. The molecule has 0 aromatic heterocycles. The quantitative estimate of drug-likeness (QED) is 0.489. The minimum absolute atomic E-state index is 0.0325. The fourth-order valence-corrected chi connectivity index (χ4v) is 3.17. The van der Waals surface area contributed by atoms with Crippen LogP contribution in [0.3, 0.4) is 0 Å². The Kier molecular flexibility index (Phi) is 7.22. The molecule has 0 heterocycles. The third kappa shape index (κ3) is 6.49. The van der Waals surface area contributed by atoms with Crippen LogP contribution in [-0.4, -0.2) is 46.7 Å². The van der Waals surface area contributed by atoms with Gasteiger partial charge >= 0.3 is 5.97 Å². The summed E-state index contributed by atoms with van der Waals surface area (Å²) in [6, 6.07) is 10.9. The molecular formula is C20H23NO7S. The van der Waals surface area contributed by atoms with E-state index >= 15 is 0 Å². The molecule has 0 fully saturated rings. The molecule has 0 bridgehead atoms. The number of benzene rings is 2. The lowest BCUT2D eigenvalue weighted by molar-refractivity contribution is -0.145. The largest absolute Gasteiger partial charge is 0.493 e. The van der Waals surface area contributed by atoms with Gasteiger partial charge in [-0.2, -0.15) is 0 Å². The van der Waals surface area contributed by atoms with Crippen LogP contribution in [0, 0.1) is 0 Å². The van der Waals surface area contributed by atoms with Crippen LogP contribution in [0.15, 0.2) is 42.5 Å². The van der Waals surface area contributed by atoms with Crippen molar-refractivity contribution in [3.8, 4) is 11.5 Å². The first-order valence-electron chi connectivity index (χ1n) is 8.65. The van der Waals surface area contributed by atoms with Crippen molar-refractivity contribution in [2.24, 2.45) is 0 Å². The maximum absolute atomic E-state index is 12.5. The van der Waals surface area contributed by atoms with Gasteiger partial charge in [0.05, 0.1) is 26.9 Å². The van der Waals surface area contributed by atoms with E-state index in [9.17, 15) is 18.0 Å². The molecule has 0 spiro atoms. The molecule has 0 aliphatic carbocycles. The Morgan fingerprint density at radius 2 is 1.62 bits per heavy atom. The van der Waals surface area contributed by atoms with Crippen LogP contribution in [0.25, 0.3) is 0 Å². The van der Waals surface area contributed by atoms with Crippen molar-refractivity contribution in [2.75, 3.05) is 25.2 Å². The molecule has 0 aliphatic rings. The van der Waals surface area contributed by atoms with Gasteiger partial charge in [0.1, 0.15) is 0 Å². The van der Waals surface area contributed by atoms with Crippen molar-refractivity contribution in [1.29, 1.82) is 0 Å². The van der Waals surface area contributed by atoms with Gasteiger partial charge in [-0.25, -0.2) is 8.42 Å². The highest BCUT2D eigenvalue weighted by atomic mass is 32.2. The number of methoxy groups -OCH3 is 2. The summed E-state index contributed by atoms with van der Waals surface area (Å²) in [6.07, 6.45) is 0.0117. The summed E-state index contributed by atoms with van der Waals surface area (Å²) in [5.41, 5.74) is 1.29. The fraction of sp³-hybridized carbons (Fsp3) is 0.300. The van der Waals surface area contributed by atoms with Crippen LogP contribution in [-0.2, 0) is 26.0 Å². The molecule has 0 radical (unpaired) electrons. The van der Waals surface area contributed by atoms with Gasteiger partial charge in [0, 0.05) is 11.3 Å². The molecule has 8 nitrogen and oxygen atoms in total. The number of carbonyl (C=O) groups excluding carboxylic acids is 2. The van der Waals surface area contributed by atoms with Crippen LogP contribution in [0.5, 0.6) is 11.5 Å². The predicted molar refractivity (Wildman–Crippen MR) is 108 cm³/mol. The van der Waals surface area contributed by atoms with Crippen molar-refractivity contribution < 1.29 is 32.2 Å². The van der Waals surface area contributed by atoms with Crippen LogP contribution in [0.2, 0.25) is 0 Å².